The third-order valence-corrected chi connectivity index (χ3v) is 5.53. The second kappa shape index (κ2) is 8.55. The lowest BCUT2D eigenvalue weighted by Gasteiger charge is -2.26. The molecule has 0 fully saturated rings. The molecule has 0 unspecified atom stereocenters. The molecule has 0 spiro atoms. The summed E-state index contributed by atoms with van der Waals surface area (Å²) in [5.74, 6) is 1.42. The number of benzene rings is 2. The number of amides is 2. The predicted molar refractivity (Wildman–Crippen MR) is 125 cm³/mol. The Kier molecular flexibility index (Phi) is 5.29. The normalized spacial score (nSPS) is 13.7. The molecule has 0 radical (unpaired) electrons. The number of hydrogen-bond acceptors (Lipinski definition) is 4. The van der Waals surface area contributed by atoms with Gasteiger partial charge in [0.2, 0.25) is 0 Å². The smallest absolute Gasteiger partial charge is 0.322 e. The molecule has 1 aliphatic heterocycles. The minimum atomic E-state index is -0.136. The van der Waals surface area contributed by atoms with Gasteiger partial charge in [-0.2, -0.15) is 0 Å². The second-order valence-electron chi connectivity index (χ2n) is 7.72. The van der Waals surface area contributed by atoms with E-state index in [4.69, 9.17) is 4.74 Å². The number of hydrogen-bond donors (Lipinski definition) is 2. The number of urea groups is 1. The van der Waals surface area contributed by atoms with Crippen LogP contribution in [0.2, 0.25) is 0 Å². The van der Waals surface area contributed by atoms with Crippen molar-refractivity contribution in [2.45, 2.75) is 13.3 Å². The molecule has 2 aromatic carbocycles. The van der Waals surface area contributed by atoms with Crippen LogP contribution in [0.3, 0.4) is 0 Å². The first kappa shape index (κ1) is 19.8. The quantitative estimate of drug-likeness (QED) is 0.460. The van der Waals surface area contributed by atoms with E-state index in [0.29, 0.717) is 24.5 Å². The minimum absolute atomic E-state index is 0.136. The van der Waals surface area contributed by atoms with E-state index in [1.54, 1.807) is 11.2 Å². The zero-order valence-electron chi connectivity index (χ0n) is 17.7. The molecular formula is C25H23N5O2. The lowest BCUT2D eigenvalue weighted by Crippen LogP contribution is -2.37. The number of nitrogens with one attached hydrogen (secondary N) is 2. The van der Waals surface area contributed by atoms with Crippen LogP contribution >= 0.6 is 0 Å². The number of rotatable bonds is 4. The molecule has 0 saturated heterocycles. The third kappa shape index (κ3) is 4.05. The van der Waals surface area contributed by atoms with Gasteiger partial charge in [0.05, 0.1) is 5.69 Å². The van der Waals surface area contributed by atoms with Crippen LogP contribution in [0.1, 0.15) is 17.7 Å². The molecule has 7 heteroatoms. The molecule has 2 amide bonds. The molecule has 0 atom stereocenters. The largest absolute Gasteiger partial charge is 0.457 e. The highest BCUT2D eigenvalue weighted by molar-refractivity contribution is 5.93. The van der Waals surface area contributed by atoms with Crippen LogP contribution in [0.25, 0.3) is 16.6 Å². The standard InChI is InChI=1S/C25H23N5O2/c1-17-15-26-24-22(17)23(27-16-28-24)18-10-12-30(13-11-18)25(31)29-19-6-5-9-21(14-19)32-20-7-3-2-4-8-20/h2-10,14-16H,11-13H2,1H3,(H,29,31)(H,26,27,28). The Labute approximate surface area is 185 Å². The van der Waals surface area contributed by atoms with Crippen molar-refractivity contribution in [3.63, 3.8) is 0 Å². The van der Waals surface area contributed by atoms with Crippen LogP contribution < -0.4 is 10.1 Å². The van der Waals surface area contributed by atoms with Gasteiger partial charge in [-0.25, -0.2) is 14.8 Å². The number of anilines is 1. The first-order valence-corrected chi connectivity index (χ1v) is 10.5. The summed E-state index contributed by atoms with van der Waals surface area (Å²) in [4.78, 5) is 26.6. The first-order valence-electron chi connectivity index (χ1n) is 10.5. The second-order valence-corrected chi connectivity index (χ2v) is 7.72. The number of aromatic nitrogens is 3. The lowest BCUT2D eigenvalue weighted by molar-refractivity contribution is 0.217. The predicted octanol–water partition coefficient (Wildman–Crippen LogP) is 5.38. The van der Waals surface area contributed by atoms with Crippen molar-refractivity contribution in [3.8, 4) is 11.5 Å². The van der Waals surface area contributed by atoms with E-state index in [0.717, 1.165) is 40.0 Å². The van der Waals surface area contributed by atoms with Crippen molar-refractivity contribution in [1.29, 1.82) is 0 Å². The van der Waals surface area contributed by atoms with E-state index in [9.17, 15) is 4.79 Å². The van der Waals surface area contributed by atoms with Crippen molar-refractivity contribution in [3.05, 3.63) is 84.5 Å². The molecule has 1 aliphatic rings. The fraction of sp³-hybridized carbons (Fsp3) is 0.160. The van der Waals surface area contributed by atoms with Gasteiger partial charge in [-0.15, -0.1) is 0 Å². The van der Waals surface area contributed by atoms with E-state index in [-0.39, 0.29) is 6.03 Å². The summed E-state index contributed by atoms with van der Waals surface area (Å²) in [6.45, 7) is 3.19. The summed E-state index contributed by atoms with van der Waals surface area (Å²) in [6, 6.07) is 16.8. The molecule has 4 aromatic rings. The number of carbonyl (C=O) groups excluding carboxylic acids is 1. The fourth-order valence-electron chi connectivity index (χ4n) is 3.89. The van der Waals surface area contributed by atoms with Crippen molar-refractivity contribution in [2.24, 2.45) is 0 Å². The lowest BCUT2D eigenvalue weighted by atomic mass is 10.0. The summed E-state index contributed by atoms with van der Waals surface area (Å²) < 4.78 is 5.86. The van der Waals surface area contributed by atoms with Gasteiger partial charge in [0.25, 0.3) is 0 Å². The maximum Gasteiger partial charge on any atom is 0.322 e. The van der Waals surface area contributed by atoms with E-state index in [1.807, 2.05) is 67.7 Å². The summed E-state index contributed by atoms with van der Waals surface area (Å²) in [7, 11) is 0. The van der Waals surface area contributed by atoms with Crippen LogP contribution in [0.4, 0.5) is 10.5 Å². The Morgan fingerprint density at radius 3 is 2.75 bits per heavy atom. The molecule has 3 heterocycles. The number of ether oxygens (including phenoxy) is 1. The Bertz CT molecular complexity index is 1300. The van der Waals surface area contributed by atoms with Crippen molar-refractivity contribution < 1.29 is 9.53 Å². The molecule has 7 nitrogen and oxygen atoms in total. The van der Waals surface area contributed by atoms with Gasteiger partial charge in [0.15, 0.2) is 0 Å². The van der Waals surface area contributed by atoms with Crippen molar-refractivity contribution in [2.75, 3.05) is 18.4 Å². The molecular weight excluding hydrogens is 402 g/mol. The van der Waals surface area contributed by atoms with Crippen molar-refractivity contribution in [1.82, 2.24) is 19.9 Å². The Balaban J connectivity index is 1.26. The van der Waals surface area contributed by atoms with Crippen LogP contribution in [-0.2, 0) is 0 Å². The number of aryl methyl sites for hydroxylation is 1. The number of para-hydroxylation sites is 1. The summed E-state index contributed by atoms with van der Waals surface area (Å²) in [5.41, 5.74) is 4.74. The molecule has 160 valence electrons. The number of H-pyrrole nitrogens is 1. The van der Waals surface area contributed by atoms with E-state index in [2.05, 4.69) is 26.3 Å². The number of aromatic amines is 1. The van der Waals surface area contributed by atoms with Crippen LogP contribution in [0, 0.1) is 6.92 Å². The molecule has 5 rings (SSSR count). The van der Waals surface area contributed by atoms with Gasteiger partial charge in [0, 0.05) is 36.4 Å². The monoisotopic (exact) mass is 425 g/mol. The number of carbonyl (C=O) groups is 1. The fourth-order valence-corrected chi connectivity index (χ4v) is 3.89. The molecule has 0 bridgehead atoms. The van der Waals surface area contributed by atoms with Gasteiger partial charge in [-0.3, -0.25) is 0 Å². The molecule has 0 aliphatic carbocycles. The summed E-state index contributed by atoms with van der Waals surface area (Å²) >= 11 is 0. The van der Waals surface area contributed by atoms with Gasteiger partial charge in [-0.1, -0.05) is 30.3 Å². The number of nitrogens with zero attached hydrogens (tertiary/aromatic N) is 3. The summed E-state index contributed by atoms with van der Waals surface area (Å²) in [5, 5.41) is 4.02. The highest BCUT2D eigenvalue weighted by Crippen LogP contribution is 2.29. The Morgan fingerprint density at radius 2 is 1.94 bits per heavy atom. The maximum absolute atomic E-state index is 12.8. The average Bonchev–Trinajstić information content (AvgIpc) is 3.21. The van der Waals surface area contributed by atoms with Gasteiger partial charge in [-0.05, 0) is 48.7 Å². The highest BCUT2D eigenvalue weighted by atomic mass is 16.5. The zero-order chi connectivity index (χ0) is 21.9. The van der Waals surface area contributed by atoms with Gasteiger partial charge >= 0.3 is 6.03 Å². The molecule has 2 aromatic heterocycles. The van der Waals surface area contributed by atoms with Gasteiger partial charge < -0.3 is 19.9 Å². The van der Waals surface area contributed by atoms with E-state index >= 15 is 0 Å². The van der Waals surface area contributed by atoms with E-state index < -0.39 is 0 Å². The molecule has 2 N–H and O–H groups in total. The van der Waals surface area contributed by atoms with Crippen LogP contribution in [-0.4, -0.2) is 39.0 Å². The topological polar surface area (TPSA) is 83.1 Å². The Hall–Kier alpha value is -4.13. The molecule has 0 saturated carbocycles. The zero-order valence-corrected chi connectivity index (χ0v) is 17.7. The highest BCUT2D eigenvalue weighted by Gasteiger charge is 2.21. The van der Waals surface area contributed by atoms with Crippen molar-refractivity contribution >= 4 is 28.3 Å². The van der Waals surface area contributed by atoms with Crippen LogP contribution in [0.15, 0.2) is 73.2 Å². The van der Waals surface area contributed by atoms with Crippen LogP contribution in [0.5, 0.6) is 11.5 Å². The molecule has 32 heavy (non-hydrogen) atoms. The summed E-state index contributed by atoms with van der Waals surface area (Å²) in [6.07, 6.45) is 6.34. The van der Waals surface area contributed by atoms with Gasteiger partial charge in [0.1, 0.15) is 23.5 Å². The Morgan fingerprint density at radius 1 is 1.09 bits per heavy atom. The third-order valence-electron chi connectivity index (χ3n) is 5.53. The first-order chi connectivity index (χ1) is 15.7. The SMILES string of the molecule is Cc1c[nH]c2ncnc(C3=CCN(C(=O)Nc4cccc(Oc5ccccc5)c4)CC3)c12. The number of fused-ring (bicyclic) bond motifs is 1. The minimum Gasteiger partial charge on any atom is -0.457 e. The van der Waals surface area contributed by atoms with E-state index in [1.165, 1.54) is 0 Å². The maximum atomic E-state index is 12.8. The average molecular weight is 425 g/mol.